The molecule has 8 rings (SSSR count). The van der Waals surface area contributed by atoms with Crippen LogP contribution in [0, 0.1) is 17.7 Å². The van der Waals surface area contributed by atoms with Crippen molar-refractivity contribution in [2.75, 3.05) is 44.2 Å². The molecule has 2 aromatic heterocycles. The second-order valence-electron chi connectivity index (χ2n) is 11.1. The fourth-order valence-electron chi connectivity index (χ4n) is 6.91. The van der Waals surface area contributed by atoms with Crippen molar-refractivity contribution in [2.24, 2.45) is 11.8 Å². The van der Waals surface area contributed by atoms with Gasteiger partial charge in [0.25, 0.3) is 0 Å². The number of pyridine rings is 1. The number of hydrogen-bond acceptors (Lipinski definition) is 8. The minimum Gasteiger partial charge on any atom is -0.508 e. The third kappa shape index (κ3) is 3.71. The van der Waals surface area contributed by atoms with Gasteiger partial charge >= 0.3 is 6.01 Å². The molecule has 3 saturated heterocycles. The molecule has 2 unspecified atom stereocenters. The van der Waals surface area contributed by atoms with E-state index in [1.165, 1.54) is 5.70 Å². The van der Waals surface area contributed by atoms with Gasteiger partial charge < -0.3 is 25.0 Å². The summed E-state index contributed by atoms with van der Waals surface area (Å²) in [7, 11) is 0. The van der Waals surface area contributed by atoms with E-state index in [-0.39, 0.29) is 23.0 Å². The van der Waals surface area contributed by atoms with E-state index in [2.05, 4.69) is 25.1 Å². The predicted octanol–water partition coefficient (Wildman–Crippen LogP) is 4.44. The summed E-state index contributed by atoms with van der Waals surface area (Å²) in [4.78, 5) is 18.7. The highest BCUT2D eigenvalue weighted by Crippen LogP contribution is 2.39. The Morgan fingerprint density at radius 3 is 2.69 bits per heavy atom. The van der Waals surface area contributed by atoms with Gasteiger partial charge in [-0.15, -0.1) is 0 Å². The van der Waals surface area contributed by atoms with Gasteiger partial charge in [-0.2, -0.15) is 9.97 Å². The second-order valence-corrected chi connectivity index (χ2v) is 11.1. The molecule has 0 bridgehead atoms. The van der Waals surface area contributed by atoms with E-state index >= 15 is 4.39 Å². The predicted molar refractivity (Wildman–Crippen MR) is 147 cm³/mol. The van der Waals surface area contributed by atoms with Crippen molar-refractivity contribution >= 4 is 27.5 Å². The Morgan fingerprint density at radius 2 is 1.82 bits per heavy atom. The third-order valence-electron chi connectivity index (χ3n) is 8.80. The number of ether oxygens (including phenoxy) is 1. The van der Waals surface area contributed by atoms with Gasteiger partial charge in [-0.05, 0) is 47.6 Å². The number of phenols is 1. The van der Waals surface area contributed by atoms with Gasteiger partial charge in [-0.1, -0.05) is 24.3 Å². The molecule has 9 heteroatoms. The molecule has 198 valence electrons. The minimum atomic E-state index is -0.538. The van der Waals surface area contributed by atoms with Crippen molar-refractivity contribution < 1.29 is 14.2 Å². The van der Waals surface area contributed by atoms with E-state index in [9.17, 15) is 5.11 Å². The smallest absolute Gasteiger partial charge is 0.324 e. The largest absolute Gasteiger partial charge is 0.508 e. The minimum absolute atomic E-state index is 0.0605. The Kier molecular flexibility index (Phi) is 5.16. The van der Waals surface area contributed by atoms with Crippen molar-refractivity contribution in [3.63, 3.8) is 0 Å². The lowest BCUT2D eigenvalue weighted by Crippen LogP contribution is -2.26. The zero-order valence-corrected chi connectivity index (χ0v) is 21.5. The highest BCUT2D eigenvalue weighted by molar-refractivity contribution is 5.99. The van der Waals surface area contributed by atoms with Crippen LogP contribution in [0.1, 0.15) is 19.3 Å². The van der Waals surface area contributed by atoms with E-state index in [1.807, 2.05) is 24.3 Å². The average Bonchev–Trinajstić information content (AvgIpc) is 3.72. The maximum Gasteiger partial charge on any atom is 0.324 e. The highest BCUT2D eigenvalue weighted by Gasteiger charge is 2.38. The monoisotopic (exact) mass is 524 g/mol. The molecule has 0 radical (unpaired) electrons. The van der Waals surface area contributed by atoms with Gasteiger partial charge in [0, 0.05) is 57.4 Å². The first-order chi connectivity index (χ1) is 19.1. The molecule has 6 heterocycles. The first-order valence-electron chi connectivity index (χ1n) is 13.8. The summed E-state index contributed by atoms with van der Waals surface area (Å²) in [6.45, 7) is 5.68. The number of anilines is 1. The van der Waals surface area contributed by atoms with Crippen molar-refractivity contribution in [1.29, 1.82) is 0 Å². The maximum absolute atomic E-state index is 16.5. The number of nitrogens with zero attached hydrogens (tertiary/aromatic N) is 5. The van der Waals surface area contributed by atoms with Crippen LogP contribution in [-0.2, 0) is 0 Å². The Labute approximate surface area is 225 Å². The van der Waals surface area contributed by atoms with Crippen molar-refractivity contribution in [2.45, 2.75) is 19.3 Å². The van der Waals surface area contributed by atoms with E-state index in [0.29, 0.717) is 28.6 Å². The number of phenolic OH excluding ortho intramolecular Hbond substituents is 1. The Bertz CT molecular complexity index is 1660. The fraction of sp³-hybridized carbons (Fsp3) is 0.367. The number of rotatable bonds is 4. The molecule has 0 amide bonds. The molecule has 3 fully saturated rings. The average molecular weight is 525 g/mol. The van der Waals surface area contributed by atoms with Gasteiger partial charge in [0.05, 0.1) is 11.1 Å². The Morgan fingerprint density at radius 1 is 0.974 bits per heavy atom. The van der Waals surface area contributed by atoms with E-state index < -0.39 is 5.82 Å². The standard InChI is InChI=1S/C30H29FN6O2/c31-26-27(22-11-20(38)10-17-4-1-2-5-21(17)22)33-14-23-28(26)34-30(39-25-7-9-36-8-3-6-24(25)36)35-29(23)37-15-18-12-32-13-19(18)16-37/h1-2,4-5,10-11,14,18-19,32,38H,3,6-9,12-13,15-16H2. The molecule has 4 aromatic rings. The van der Waals surface area contributed by atoms with E-state index in [1.54, 1.807) is 18.3 Å². The molecular weight excluding hydrogens is 495 g/mol. The van der Waals surface area contributed by atoms with Gasteiger partial charge in [-0.3, -0.25) is 4.98 Å². The maximum atomic E-state index is 16.5. The van der Waals surface area contributed by atoms with Crippen LogP contribution in [0.3, 0.4) is 0 Å². The molecule has 4 aliphatic heterocycles. The van der Waals surface area contributed by atoms with Crippen LogP contribution in [0.25, 0.3) is 32.9 Å². The summed E-state index contributed by atoms with van der Waals surface area (Å²) in [5.74, 6) is 2.18. The summed E-state index contributed by atoms with van der Waals surface area (Å²) in [6.07, 6.45) is 4.60. The second kappa shape index (κ2) is 8.77. The number of nitrogens with one attached hydrogen (secondary N) is 1. The number of benzene rings is 2. The first kappa shape index (κ1) is 23.0. The van der Waals surface area contributed by atoms with Gasteiger partial charge in [0.2, 0.25) is 0 Å². The number of allylic oxidation sites excluding steroid dienone is 1. The molecular formula is C30H29FN6O2. The van der Waals surface area contributed by atoms with Crippen molar-refractivity contribution in [1.82, 2.24) is 25.2 Å². The van der Waals surface area contributed by atoms with Gasteiger partial charge in [-0.25, -0.2) is 4.39 Å². The number of halogens is 1. The lowest BCUT2D eigenvalue weighted by Gasteiger charge is -2.21. The van der Waals surface area contributed by atoms with Crippen molar-refractivity contribution in [3.8, 4) is 23.0 Å². The molecule has 4 aliphatic rings. The normalized spacial score (nSPS) is 22.4. The topological polar surface area (TPSA) is 86.6 Å². The van der Waals surface area contributed by atoms with Crippen LogP contribution in [0.4, 0.5) is 10.2 Å². The SMILES string of the molecule is Oc1cc(-c2ncc3c(N4CC5CNCC5C4)nc(OC4=C5CCCN5CC4)nc3c2F)c2ccccc2c1. The Hall–Kier alpha value is -3.98. The molecule has 2 atom stereocenters. The number of aromatic nitrogens is 3. The summed E-state index contributed by atoms with van der Waals surface area (Å²) in [5.41, 5.74) is 2.09. The summed E-state index contributed by atoms with van der Waals surface area (Å²) >= 11 is 0. The fourth-order valence-corrected chi connectivity index (χ4v) is 6.91. The molecule has 39 heavy (non-hydrogen) atoms. The number of aromatic hydroxyl groups is 1. The molecule has 8 nitrogen and oxygen atoms in total. The van der Waals surface area contributed by atoms with Crippen molar-refractivity contribution in [3.05, 3.63) is 59.9 Å². The van der Waals surface area contributed by atoms with Crippen LogP contribution in [-0.4, -0.2) is 64.2 Å². The number of fused-ring (bicyclic) bond motifs is 4. The first-order valence-corrected chi connectivity index (χ1v) is 13.8. The molecule has 0 aliphatic carbocycles. The molecule has 0 saturated carbocycles. The van der Waals surface area contributed by atoms with Crippen LogP contribution in [0.5, 0.6) is 11.8 Å². The lowest BCUT2D eigenvalue weighted by molar-refractivity contribution is 0.378. The van der Waals surface area contributed by atoms with Crippen LogP contribution >= 0.6 is 0 Å². The molecule has 2 aromatic carbocycles. The van der Waals surface area contributed by atoms with E-state index in [0.717, 1.165) is 75.1 Å². The number of hydrogen-bond donors (Lipinski definition) is 2. The van der Waals surface area contributed by atoms with Gasteiger partial charge in [0.15, 0.2) is 5.82 Å². The quantitative estimate of drug-likeness (QED) is 0.406. The molecule has 2 N–H and O–H groups in total. The molecule has 0 spiro atoms. The third-order valence-corrected chi connectivity index (χ3v) is 8.80. The lowest BCUT2D eigenvalue weighted by atomic mass is 10.0. The summed E-state index contributed by atoms with van der Waals surface area (Å²) < 4.78 is 22.8. The van der Waals surface area contributed by atoms with Crippen LogP contribution in [0.15, 0.2) is 54.1 Å². The zero-order valence-electron chi connectivity index (χ0n) is 21.5. The Balaban J connectivity index is 1.29. The van der Waals surface area contributed by atoms with Gasteiger partial charge in [0.1, 0.15) is 28.5 Å². The summed E-state index contributed by atoms with van der Waals surface area (Å²) in [6, 6.07) is 11.0. The zero-order chi connectivity index (χ0) is 26.1. The summed E-state index contributed by atoms with van der Waals surface area (Å²) in [5, 5.41) is 16.1. The van der Waals surface area contributed by atoms with Crippen LogP contribution < -0.4 is 15.0 Å². The highest BCUT2D eigenvalue weighted by atomic mass is 19.1. The van der Waals surface area contributed by atoms with Crippen LogP contribution in [0.2, 0.25) is 0 Å². The van der Waals surface area contributed by atoms with E-state index in [4.69, 9.17) is 9.72 Å².